The quantitative estimate of drug-likeness (QED) is 0.563. The molecule has 2 aromatic rings. The van der Waals surface area contributed by atoms with E-state index in [0.717, 1.165) is 5.56 Å². The lowest BCUT2D eigenvalue weighted by molar-refractivity contribution is -0.141. The summed E-state index contributed by atoms with van der Waals surface area (Å²) in [7, 11) is 0. The van der Waals surface area contributed by atoms with Gasteiger partial charge in [-0.15, -0.1) is 0 Å². The number of hydrogen-bond donors (Lipinski definition) is 1. The molecule has 33 heavy (non-hydrogen) atoms. The highest BCUT2D eigenvalue weighted by Crippen LogP contribution is 2.23. The first-order chi connectivity index (χ1) is 15.8. The van der Waals surface area contributed by atoms with E-state index in [9.17, 15) is 19.2 Å². The SMILES string of the molecule is CC[C@@H](C(=O)NC(C)C)N(Cc1ccccc1)C(=O)CCCN1C(=O)c2ccccc2C1=O. The van der Waals surface area contributed by atoms with Crippen molar-refractivity contribution in [1.29, 1.82) is 0 Å². The molecular formula is C26H31N3O4. The fourth-order valence-electron chi connectivity index (χ4n) is 4.05. The third-order valence-electron chi connectivity index (χ3n) is 5.66. The van der Waals surface area contributed by atoms with E-state index < -0.39 is 6.04 Å². The molecule has 7 heteroatoms. The van der Waals surface area contributed by atoms with Crippen molar-refractivity contribution in [2.75, 3.05) is 6.54 Å². The number of carbonyl (C=O) groups excluding carboxylic acids is 4. The third kappa shape index (κ3) is 5.66. The van der Waals surface area contributed by atoms with Gasteiger partial charge in [0.1, 0.15) is 6.04 Å². The summed E-state index contributed by atoms with van der Waals surface area (Å²) in [4.78, 5) is 54.0. The summed E-state index contributed by atoms with van der Waals surface area (Å²) < 4.78 is 0. The Hall–Kier alpha value is -3.48. The van der Waals surface area contributed by atoms with Gasteiger partial charge < -0.3 is 10.2 Å². The molecule has 1 atom stereocenters. The molecule has 3 rings (SSSR count). The summed E-state index contributed by atoms with van der Waals surface area (Å²) in [5.41, 5.74) is 1.73. The average molecular weight is 450 g/mol. The molecule has 174 valence electrons. The van der Waals surface area contributed by atoms with Gasteiger partial charge in [-0.3, -0.25) is 24.1 Å². The largest absolute Gasteiger partial charge is 0.352 e. The predicted molar refractivity (Wildman–Crippen MR) is 125 cm³/mol. The molecule has 4 amide bonds. The van der Waals surface area contributed by atoms with Gasteiger partial charge in [-0.05, 0) is 44.4 Å². The van der Waals surface area contributed by atoms with Gasteiger partial charge in [0, 0.05) is 25.6 Å². The van der Waals surface area contributed by atoms with Crippen LogP contribution in [-0.2, 0) is 16.1 Å². The lowest BCUT2D eigenvalue weighted by Crippen LogP contribution is -2.50. The van der Waals surface area contributed by atoms with Crippen molar-refractivity contribution >= 4 is 23.6 Å². The van der Waals surface area contributed by atoms with Crippen LogP contribution >= 0.6 is 0 Å². The zero-order valence-electron chi connectivity index (χ0n) is 19.4. The van der Waals surface area contributed by atoms with Crippen LogP contribution < -0.4 is 5.32 Å². The fourth-order valence-corrected chi connectivity index (χ4v) is 4.05. The number of nitrogens with one attached hydrogen (secondary N) is 1. The highest BCUT2D eigenvalue weighted by molar-refractivity contribution is 6.21. The molecular weight excluding hydrogens is 418 g/mol. The summed E-state index contributed by atoms with van der Waals surface area (Å²) in [6, 6.07) is 15.7. The summed E-state index contributed by atoms with van der Waals surface area (Å²) >= 11 is 0. The molecule has 0 saturated carbocycles. The molecule has 0 aromatic heterocycles. The maximum absolute atomic E-state index is 13.3. The van der Waals surface area contributed by atoms with Crippen LogP contribution in [0.5, 0.6) is 0 Å². The Labute approximate surface area is 194 Å². The van der Waals surface area contributed by atoms with E-state index >= 15 is 0 Å². The first kappa shape index (κ1) is 24.2. The first-order valence-electron chi connectivity index (χ1n) is 11.4. The first-order valence-corrected chi connectivity index (χ1v) is 11.4. The highest BCUT2D eigenvalue weighted by Gasteiger charge is 2.35. The smallest absolute Gasteiger partial charge is 0.261 e. The van der Waals surface area contributed by atoms with Crippen LogP contribution in [0.15, 0.2) is 54.6 Å². The number of imide groups is 1. The molecule has 0 spiro atoms. The second-order valence-corrected chi connectivity index (χ2v) is 8.51. The monoisotopic (exact) mass is 449 g/mol. The predicted octanol–water partition coefficient (Wildman–Crippen LogP) is 3.39. The minimum atomic E-state index is -0.598. The van der Waals surface area contributed by atoms with Crippen molar-refractivity contribution in [3.63, 3.8) is 0 Å². The number of carbonyl (C=O) groups is 4. The maximum Gasteiger partial charge on any atom is 0.261 e. The van der Waals surface area contributed by atoms with Crippen LogP contribution in [0.4, 0.5) is 0 Å². The zero-order chi connectivity index (χ0) is 24.0. The minimum absolute atomic E-state index is 0.0333. The molecule has 7 nitrogen and oxygen atoms in total. The van der Waals surface area contributed by atoms with E-state index in [4.69, 9.17) is 0 Å². The summed E-state index contributed by atoms with van der Waals surface area (Å²) in [5, 5.41) is 2.91. The van der Waals surface area contributed by atoms with E-state index in [1.54, 1.807) is 29.2 Å². The molecule has 1 aliphatic heterocycles. The Morgan fingerprint density at radius 3 is 2.06 bits per heavy atom. The van der Waals surface area contributed by atoms with E-state index in [2.05, 4.69) is 5.32 Å². The molecule has 0 aliphatic carbocycles. The molecule has 0 radical (unpaired) electrons. The topological polar surface area (TPSA) is 86.8 Å². The zero-order valence-corrected chi connectivity index (χ0v) is 19.4. The van der Waals surface area contributed by atoms with Gasteiger partial charge in [0.25, 0.3) is 11.8 Å². The number of benzene rings is 2. The number of nitrogens with zero attached hydrogens (tertiary/aromatic N) is 2. The summed E-state index contributed by atoms with van der Waals surface area (Å²) in [6.45, 7) is 6.13. The Kier molecular flexibility index (Phi) is 7.98. The lowest BCUT2D eigenvalue weighted by Gasteiger charge is -2.31. The van der Waals surface area contributed by atoms with Crippen LogP contribution in [0.1, 0.15) is 66.3 Å². The van der Waals surface area contributed by atoms with Crippen LogP contribution in [-0.4, -0.2) is 52.1 Å². The number of hydrogen-bond acceptors (Lipinski definition) is 4. The van der Waals surface area contributed by atoms with Crippen molar-refractivity contribution in [3.8, 4) is 0 Å². The van der Waals surface area contributed by atoms with Crippen molar-refractivity contribution in [2.45, 2.75) is 58.7 Å². The second kappa shape index (κ2) is 10.9. The molecule has 1 heterocycles. The van der Waals surface area contributed by atoms with Gasteiger partial charge in [0.15, 0.2) is 0 Å². The molecule has 1 N–H and O–H groups in total. The molecule has 0 fully saturated rings. The molecule has 1 aliphatic rings. The van der Waals surface area contributed by atoms with Crippen molar-refractivity contribution in [1.82, 2.24) is 15.1 Å². The fraction of sp³-hybridized carbons (Fsp3) is 0.385. The van der Waals surface area contributed by atoms with Gasteiger partial charge in [0.2, 0.25) is 11.8 Å². The van der Waals surface area contributed by atoms with E-state index in [-0.39, 0.29) is 42.6 Å². The van der Waals surface area contributed by atoms with Crippen molar-refractivity contribution in [2.24, 2.45) is 0 Å². The highest BCUT2D eigenvalue weighted by atomic mass is 16.2. The van der Waals surface area contributed by atoms with Gasteiger partial charge in [-0.25, -0.2) is 0 Å². The Morgan fingerprint density at radius 1 is 0.939 bits per heavy atom. The number of fused-ring (bicyclic) bond motifs is 1. The van der Waals surface area contributed by atoms with Crippen LogP contribution in [0.2, 0.25) is 0 Å². The third-order valence-corrected chi connectivity index (χ3v) is 5.66. The van der Waals surface area contributed by atoms with E-state index in [1.807, 2.05) is 51.1 Å². The van der Waals surface area contributed by atoms with E-state index in [1.165, 1.54) is 4.90 Å². The van der Waals surface area contributed by atoms with Crippen molar-refractivity contribution < 1.29 is 19.2 Å². The van der Waals surface area contributed by atoms with Gasteiger partial charge in [-0.2, -0.15) is 0 Å². The molecule has 2 aromatic carbocycles. The normalized spacial score (nSPS) is 13.8. The van der Waals surface area contributed by atoms with Crippen LogP contribution in [0.25, 0.3) is 0 Å². The van der Waals surface area contributed by atoms with Gasteiger partial charge in [0.05, 0.1) is 11.1 Å². The Bertz CT molecular complexity index is 984. The lowest BCUT2D eigenvalue weighted by atomic mass is 10.1. The number of amides is 4. The number of rotatable bonds is 10. The van der Waals surface area contributed by atoms with Gasteiger partial charge in [-0.1, -0.05) is 49.4 Å². The maximum atomic E-state index is 13.3. The minimum Gasteiger partial charge on any atom is -0.352 e. The summed E-state index contributed by atoms with van der Waals surface area (Å²) in [5.74, 6) is -1.02. The Balaban J connectivity index is 1.69. The standard InChI is InChI=1S/C26H31N3O4/c1-4-22(24(31)27-18(2)3)29(17-19-11-6-5-7-12-19)23(30)15-10-16-28-25(32)20-13-8-9-14-21(20)26(28)33/h5-9,11-14,18,22H,4,10,15-17H2,1-3H3,(H,27,31)/t22-/m0/s1. The second-order valence-electron chi connectivity index (χ2n) is 8.51. The molecule has 0 bridgehead atoms. The molecule has 0 unspecified atom stereocenters. The molecule has 0 saturated heterocycles. The average Bonchev–Trinajstić information content (AvgIpc) is 3.04. The van der Waals surface area contributed by atoms with Crippen LogP contribution in [0, 0.1) is 0 Å². The van der Waals surface area contributed by atoms with Crippen molar-refractivity contribution in [3.05, 3.63) is 71.3 Å². The summed E-state index contributed by atoms with van der Waals surface area (Å²) in [6.07, 6.45) is 0.944. The van der Waals surface area contributed by atoms with E-state index in [0.29, 0.717) is 30.5 Å². The Morgan fingerprint density at radius 2 is 1.52 bits per heavy atom. The van der Waals surface area contributed by atoms with Gasteiger partial charge >= 0.3 is 0 Å². The van der Waals surface area contributed by atoms with Crippen LogP contribution in [0.3, 0.4) is 0 Å².